The predicted octanol–water partition coefficient (Wildman–Crippen LogP) is 3.71. The molecule has 0 bridgehead atoms. The molecule has 1 aromatic carbocycles. The topological polar surface area (TPSA) is 51.1 Å². The molecule has 1 fully saturated rings. The fraction of sp³-hybridized carbons (Fsp3) is 0.444. The number of hydrogen-bond acceptors (Lipinski definition) is 3. The number of hydrogen-bond donors (Lipinski definition) is 2. The molecule has 1 aliphatic rings. The van der Waals surface area contributed by atoms with Crippen LogP contribution in [0.1, 0.15) is 29.8 Å². The van der Waals surface area contributed by atoms with Gasteiger partial charge in [0.05, 0.1) is 35.3 Å². The van der Waals surface area contributed by atoms with Crippen molar-refractivity contribution in [3.05, 3.63) is 46.0 Å². The van der Waals surface area contributed by atoms with Crippen molar-refractivity contribution in [3.8, 4) is 0 Å². The number of ether oxygens (including phenoxy) is 1. The average Bonchev–Trinajstić information content (AvgIpc) is 3.30. The van der Waals surface area contributed by atoms with Gasteiger partial charge in [0.15, 0.2) is 28.4 Å². The summed E-state index contributed by atoms with van der Waals surface area (Å²) in [4.78, 5) is 0. The Balaban J connectivity index is 1.77. The van der Waals surface area contributed by atoms with Gasteiger partial charge in [0.25, 0.3) is 0 Å². The molecule has 0 amide bonds. The maximum Gasteiger partial charge on any atom is 0.200 e. The quantitative estimate of drug-likeness (QED) is 0.325. The van der Waals surface area contributed by atoms with Crippen LogP contribution in [0.15, 0.2) is 0 Å². The highest BCUT2D eigenvalue weighted by Crippen LogP contribution is 2.26. The first kappa shape index (κ1) is 21.4. The second kappa shape index (κ2) is 8.62. The first-order valence-electron chi connectivity index (χ1n) is 8.91. The largest absolute Gasteiger partial charge is 0.376 e. The van der Waals surface area contributed by atoms with Gasteiger partial charge < -0.3 is 15.4 Å². The van der Waals surface area contributed by atoms with Gasteiger partial charge in [-0.2, -0.15) is 5.10 Å². The van der Waals surface area contributed by atoms with E-state index in [4.69, 9.17) is 17.0 Å². The Morgan fingerprint density at radius 3 is 2.31 bits per heavy atom. The maximum absolute atomic E-state index is 14.0. The number of benzene rings is 1. The van der Waals surface area contributed by atoms with E-state index in [-0.39, 0.29) is 6.10 Å². The molecule has 1 unspecified atom stereocenters. The summed E-state index contributed by atoms with van der Waals surface area (Å²) in [5.41, 5.74) is 0.400. The van der Waals surface area contributed by atoms with E-state index in [1.54, 1.807) is 13.8 Å². The Hall–Kier alpha value is -2.27. The van der Waals surface area contributed by atoms with Crippen LogP contribution in [0.25, 0.3) is 0 Å². The molecular formula is C18H19F5N4OS. The first-order valence-corrected chi connectivity index (χ1v) is 9.32. The molecule has 1 aliphatic heterocycles. The van der Waals surface area contributed by atoms with Crippen molar-refractivity contribution in [2.45, 2.75) is 39.3 Å². The SMILES string of the molecule is Cc1nn(Cc2c(F)c(F)c(F)c(F)c2F)c(C)c1NC(=S)NCC1CCCO1. The Morgan fingerprint density at radius 2 is 1.72 bits per heavy atom. The van der Waals surface area contributed by atoms with E-state index >= 15 is 0 Å². The third-order valence-electron chi connectivity index (χ3n) is 4.74. The van der Waals surface area contributed by atoms with Crippen molar-refractivity contribution in [3.63, 3.8) is 0 Å². The second-order valence-corrected chi connectivity index (χ2v) is 7.13. The third kappa shape index (κ3) is 4.35. The molecule has 0 spiro atoms. The monoisotopic (exact) mass is 434 g/mol. The summed E-state index contributed by atoms with van der Waals surface area (Å²) >= 11 is 5.24. The summed E-state index contributed by atoms with van der Waals surface area (Å²) in [6.07, 6.45) is 2.01. The molecule has 11 heteroatoms. The lowest BCUT2D eigenvalue weighted by Gasteiger charge is -2.14. The Labute approximate surface area is 169 Å². The van der Waals surface area contributed by atoms with Crippen molar-refractivity contribution in [2.75, 3.05) is 18.5 Å². The van der Waals surface area contributed by atoms with Gasteiger partial charge in [-0.05, 0) is 38.9 Å². The lowest BCUT2D eigenvalue weighted by molar-refractivity contribution is 0.114. The van der Waals surface area contributed by atoms with Crippen LogP contribution < -0.4 is 10.6 Å². The van der Waals surface area contributed by atoms with Gasteiger partial charge in [0, 0.05) is 13.2 Å². The third-order valence-corrected chi connectivity index (χ3v) is 4.99. The summed E-state index contributed by atoms with van der Waals surface area (Å²) in [7, 11) is 0. The van der Waals surface area contributed by atoms with Gasteiger partial charge in [-0.1, -0.05) is 0 Å². The molecule has 3 rings (SSSR count). The van der Waals surface area contributed by atoms with Crippen LogP contribution in [0.5, 0.6) is 0 Å². The van der Waals surface area contributed by atoms with E-state index in [2.05, 4.69) is 15.7 Å². The number of nitrogens with zero attached hydrogens (tertiary/aromatic N) is 2. The number of thiocarbonyl (C=S) groups is 1. The molecule has 1 aromatic heterocycles. The van der Waals surface area contributed by atoms with Crippen LogP contribution in [-0.4, -0.2) is 34.1 Å². The fourth-order valence-electron chi connectivity index (χ4n) is 3.14. The smallest absolute Gasteiger partial charge is 0.200 e. The Morgan fingerprint density at radius 1 is 1.10 bits per heavy atom. The summed E-state index contributed by atoms with van der Waals surface area (Å²) in [5.74, 6) is -9.92. The average molecular weight is 434 g/mol. The molecule has 2 heterocycles. The Kier molecular flexibility index (Phi) is 6.37. The van der Waals surface area contributed by atoms with Crippen molar-refractivity contribution >= 4 is 23.0 Å². The number of anilines is 1. The summed E-state index contributed by atoms with van der Waals surface area (Å²) < 4.78 is 74.7. The standard InChI is InChI=1S/C18H19F5N4OS/c1-8-17(25-18(29)24-6-10-4-3-5-28-10)9(2)27(26-8)7-11-12(19)14(21)16(23)15(22)13(11)20/h10H,3-7H2,1-2H3,(H2,24,25,29). The molecule has 1 saturated heterocycles. The number of rotatable bonds is 5. The van der Waals surface area contributed by atoms with Gasteiger partial charge in [-0.15, -0.1) is 0 Å². The van der Waals surface area contributed by atoms with E-state index in [1.807, 2.05) is 0 Å². The highest BCUT2D eigenvalue weighted by Gasteiger charge is 2.27. The molecule has 0 radical (unpaired) electrons. The van der Waals surface area contributed by atoms with Crippen LogP contribution in [0.4, 0.5) is 27.6 Å². The van der Waals surface area contributed by atoms with Gasteiger partial charge in [-0.25, -0.2) is 22.0 Å². The van der Waals surface area contributed by atoms with Gasteiger partial charge in [0.1, 0.15) is 0 Å². The minimum absolute atomic E-state index is 0.0777. The molecular weight excluding hydrogens is 415 g/mol. The lowest BCUT2D eigenvalue weighted by Crippen LogP contribution is -2.35. The van der Waals surface area contributed by atoms with E-state index < -0.39 is 41.2 Å². The molecule has 2 aromatic rings. The highest BCUT2D eigenvalue weighted by atomic mass is 32.1. The first-order chi connectivity index (χ1) is 13.7. The van der Waals surface area contributed by atoms with Crippen molar-refractivity contribution in [2.24, 2.45) is 0 Å². The van der Waals surface area contributed by atoms with E-state index in [0.29, 0.717) is 28.7 Å². The molecule has 1 atom stereocenters. The van der Waals surface area contributed by atoms with E-state index in [0.717, 1.165) is 24.1 Å². The molecule has 0 saturated carbocycles. The van der Waals surface area contributed by atoms with E-state index in [1.165, 1.54) is 0 Å². The van der Waals surface area contributed by atoms with Gasteiger partial charge in [0.2, 0.25) is 5.82 Å². The molecule has 158 valence electrons. The van der Waals surface area contributed by atoms with Crippen LogP contribution >= 0.6 is 12.2 Å². The Bertz CT molecular complexity index is 914. The zero-order valence-corrected chi connectivity index (χ0v) is 16.5. The van der Waals surface area contributed by atoms with Crippen LogP contribution in [0.2, 0.25) is 0 Å². The fourth-order valence-corrected chi connectivity index (χ4v) is 3.33. The van der Waals surface area contributed by atoms with Crippen LogP contribution in [0, 0.1) is 42.9 Å². The summed E-state index contributed by atoms with van der Waals surface area (Å²) in [6, 6.07) is 0. The number of aromatic nitrogens is 2. The van der Waals surface area contributed by atoms with Gasteiger partial charge >= 0.3 is 0 Å². The van der Waals surface area contributed by atoms with E-state index in [9.17, 15) is 22.0 Å². The lowest BCUT2D eigenvalue weighted by atomic mass is 10.1. The number of aryl methyl sites for hydroxylation is 1. The van der Waals surface area contributed by atoms with Crippen LogP contribution in [-0.2, 0) is 11.3 Å². The minimum atomic E-state index is -2.19. The number of nitrogens with one attached hydrogen (secondary N) is 2. The zero-order chi connectivity index (χ0) is 21.3. The summed E-state index contributed by atoms with van der Waals surface area (Å²) in [6.45, 7) is 3.85. The molecule has 2 N–H and O–H groups in total. The molecule has 5 nitrogen and oxygen atoms in total. The maximum atomic E-state index is 14.0. The zero-order valence-electron chi connectivity index (χ0n) is 15.7. The van der Waals surface area contributed by atoms with Crippen molar-refractivity contribution in [1.29, 1.82) is 0 Å². The minimum Gasteiger partial charge on any atom is -0.376 e. The highest BCUT2D eigenvalue weighted by molar-refractivity contribution is 7.80. The second-order valence-electron chi connectivity index (χ2n) is 6.72. The molecule has 0 aliphatic carbocycles. The van der Waals surface area contributed by atoms with Crippen LogP contribution in [0.3, 0.4) is 0 Å². The van der Waals surface area contributed by atoms with Crippen molar-refractivity contribution in [1.82, 2.24) is 15.1 Å². The normalized spacial score (nSPS) is 16.3. The number of halogens is 5. The van der Waals surface area contributed by atoms with Gasteiger partial charge in [-0.3, -0.25) is 4.68 Å². The molecule has 29 heavy (non-hydrogen) atoms. The summed E-state index contributed by atoms with van der Waals surface area (Å²) in [5, 5.41) is 10.4. The predicted molar refractivity (Wildman–Crippen MR) is 100 cm³/mol. The van der Waals surface area contributed by atoms with Crippen molar-refractivity contribution < 1.29 is 26.7 Å².